The van der Waals surface area contributed by atoms with Crippen LogP contribution in [0.15, 0.2) is 0 Å². The Morgan fingerprint density at radius 2 is 1.92 bits per heavy atom. The molecule has 1 saturated carbocycles. The molecule has 1 fully saturated rings. The largest absolute Gasteiger partial charge is 0.303 e. The van der Waals surface area contributed by atoms with E-state index >= 15 is 0 Å². The molecule has 3 unspecified atom stereocenters. The molecule has 2 nitrogen and oxygen atoms in total. The molecule has 0 bridgehead atoms. The smallest absolute Gasteiger partial charge is 0.123 e. The molecule has 3 atom stereocenters. The highest BCUT2D eigenvalue weighted by atomic mass is 32.2. The Morgan fingerprint density at radius 3 is 2.31 bits per heavy atom. The van der Waals surface area contributed by atoms with Crippen molar-refractivity contribution in [2.24, 2.45) is 5.92 Å². The van der Waals surface area contributed by atoms with Gasteiger partial charge in [-0.25, -0.2) is 0 Å². The zero-order valence-electron chi connectivity index (χ0n) is 8.58. The molecule has 0 radical (unpaired) electrons. The van der Waals surface area contributed by atoms with Gasteiger partial charge in [0, 0.05) is 26.7 Å². The van der Waals surface area contributed by atoms with Crippen molar-refractivity contribution in [1.82, 2.24) is 0 Å². The number of hydrogen-bond donors (Lipinski definition) is 0. The van der Waals surface area contributed by atoms with Crippen LogP contribution in [-0.2, 0) is 15.6 Å². The van der Waals surface area contributed by atoms with E-state index in [1.807, 2.05) is 20.8 Å². The fourth-order valence-corrected chi connectivity index (χ4v) is 3.56. The molecule has 0 aromatic rings. The van der Waals surface area contributed by atoms with Crippen molar-refractivity contribution in [2.75, 3.05) is 0 Å². The Balaban J connectivity index is 2.56. The quantitative estimate of drug-likeness (QED) is 0.641. The highest BCUT2D eigenvalue weighted by Gasteiger charge is 2.33. The van der Waals surface area contributed by atoms with Crippen LogP contribution in [0.25, 0.3) is 0 Å². The van der Waals surface area contributed by atoms with Crippen molar-refractivity contribution in [3.05, 3.63) is 0 Å². The summed E-state index contributed by atoms with van der Waals surface area (Å²) in [7, 11) is -0.794. The van der Waals surface area contributed by atoms with Crippen molar-refractivity contribution in [3.8, 4) is 0 Å². The van der Waals surface area contributed by atoms with Gasteiger partial charge in [0.15, 0.2) is 0 Å². The highest BCUT2D eigenvalue weighted by molar-refractivity contribution is 7.87. The average Bonchev–Trinajstić information content (AvgIpc) is 2.48. The van der Waals surface area contributed by atoms with Gasteiger partial charge in [0.2, 0.25) is 0 Å². The first kappa shape index (κ1) is 10.9. The molecule has 0 aliphatic heterocycles. The van der Waals surface area contributed by atoms with Gasteiger partial charge in [-0.15, -0.1) is 0 Å². The van der Waals surface area contributed by atoms with Crippen molar-refractivity contribution >= 4 is 17.1 Å². The molecular formula is C10H18O2S. The third kappa shape index (κ3) is 2.63. The van der Waals surface area contributed by atoms with Gasteiger partial charge in [-0.3, -0.25) is 4.21 Å². The van der Waals surface area contributed by atoms with Gasteiger partial charge < -0.3 is 4.79 Å². The number of aldehydes is 1. The Morgan fingerprint density at radius 1 is 1.31 bits per heavy atom. The molecular weight excluding hydrogens is 184 g/mol. The summed E-state index contributed by atoms with van der Waals surface area (Å²) in [6, 6.07) is 0. The predicted molar refractivity (Wildman–Crippen MR) is 55.1 cm³/mol. The highest BCUT2D eigenvalue weighted by Crippen LogP contribution is 2.31. The summed E-state index contributed by atoms with van der Waals surface area (Å²) < 4.78 is 11.8. The second-order valence-corrected chi connectivity index (χ2v) is 7.23. The van der Waals surface area contributed by atoms with E-state index in [-0.39, 0.29) is 15.9 Å². The van der Waals surface area contributed by atoms with Crippen LogP contribution in [0.3, 0.4) is 0 Å². The van der Waals surface area contributed by atoms with Gasteiger partial charge in [0.25, 0.3) is 0 Å². The van der Waals surface area contributed by atoms with Crippen LogP contribution >= 0.6 is 0 Å². The Kier molecular flexibility index (Phi) is 3.28. The van der Waals surface area contributed by atoms with Gasteiger partial charge in [-0.2, -0.15) is 0 Å². The summed E-state index contributed by atoms with van der Waals surface area (Å²) >= 11 is 0. The second-order valence-electron chi connectivity index (χ2n) is 4.74. The van der Waals surface area contributed by atoms with E-state index in [1.165, 1.54) is 0 Å². The molecule has 1 aliphatic rings. The molecule has 0 aromatic heterocycles. The number of hydrogen-bond acceptors (Lipinski definition) is 2. The fraction of sp³-hybridized carbons (Fsp3) is 0.900. The average molecular weight is 202 g/mol. The summed E-state index contributed by atoms with van der Waals surface area (Å²) in [6.45, 7) is 5.99. The lowest BCUT2D eigenvalue weighted by atomic mass is 10.1. The lowest BCUT2D eigenvalue weighted by Crippen LogP contribution is -2.30. The molecule has 76 valence electrons. The minimum absolute atomic E-state index is 0.136. The first-order valence-electron chi connectivity index (χ1n) is 4.81. The number of carbonyl (C=O) groups is 1. The first-order chi connectivity index (χ1) is 5.95. The van der Waals surface area contributed by atoms with Crippen LogP contribution in [0.2, 0.25) is 0 Å². The van der Waals surface area contributed by atoms with Crippen LogP contribution < -0.4 is 0 Å². The van der Waals surface area contributed by atoms with E-state index < -0.39 is 10.8 Å². The van der Waals surface area contributed by atoms with Crippen LogP contribution in [0.1, 0.15) is 40.0 Å². The van der Waals surface area contributed by atoms with Crippen LogP contribution in [-0.4, -0.2) is 20.5 Å². The Hall–Kier alpha value is -0.180. The maximum atomic E-state index is 11.9. The third-order valence-electron chi connectivity index (χ3n) is 2.52. The van der Waals surface area contributed by atoms with Crippen molar-refractivity contribution < 1.29 is 9.00 Å². The SMILES string of the molecule is CC(C)(C)S(=O)C1CCC(C=O)C1. The second kappa shape index (κ2) is 3.91. The van der Waals surface area contributed by atoms with Crippen molar-refractivity contribution in [2.45, 2.75) is 50.0 Å². The molecule has 0 N–H and O–H groups in total. The summed E-state index contributed by atoms with van der Waals surface area (Å²) in [5.41, 5.74) is 0. The maximum absolute atomic E-state index is 11.9. The number of rotatable bonds is 2. The van der Waals surface area contributed by atoms with Crippen molar-refractivity contribution in [3.63, 3.8) is 0 Å². The van der Waals surface area contributed by atoms with Gasteiger partial charge in [0.05, 0.1) is 0 Å². The van der Waals surface area contributed by atoms with Crippen LogP contribution in [0, 0.1) is 5.92 Å². The Bertz CT molecular complexity index is 217. The first-order valence-corrected chi connectivity index (χ1v) is 6.02. The van der Waals surface area contributed by atoms with Gasteiger partial charge in [0.1, 0.15) is 6.29 Å². The lowest BCUT2D eigenvalue weighted by molar-refractivity contribution is -0.110. The van der Waals surface area contributed by atoms with E-state index in [2.05, 4.69) is 0 Å². The molecule has 13 heavy (non-hydrogen) atoms. The standard InChI is InChI=1S/C10H18O2S/c1-10(2,3)13(12)9-5-4-8(6-9)7-11/h7-9H,4-6H2,1-3H3. The Labute approximate surface area is 82.6 Å². The zero-order valence-corrected chi connectivity index (χ0v) is 9.39. The molecule has 0 aromatic carbocycles. The molecule has 1 aliphatic carbocycles. The van der Waals surface area contributed by atoms with Gasteiger partial charge in [-0.1, -0.05) is 0 Å². The molecule has 0 spiro atoms. The van der Waals surface area contributed by atoms with Crippen molar-refractivity contribution in [1.29, 1.82) is 0 Å². The molecule has 0 heterocycles. The monoisotopic (exact) mass is 202 g/mol. The summed E-state index contributed by atoms with van der Waals surface area (Å²) in [5, 5.41) is 0.246. The van der Waals surface area contributed by atoms with E-state index in [4.69, 9.17) is 0 Å². The molecule has 0 amide bonds. The van der Waals surface area contributed by atoms with E-state index in [1.54, 1.807) is 0 Å². The molecule has 3 heteroatoms. The van der Waals surface area contributed by atoms with Gasteiger partial charge in [-0.05, 0) is 40.0 Å². The zero-order chi connectivity index (χ0) is 10.1. The predicted octanol–water partition coefficient (Wildman–Crippen LogP) is 1.90. The molecule has 0 saturated heterocycles. The topological polar surface area (TPSA) is 34.1 Å². The summed E-state index contributed by atoms with van der Waals surface area (Å²) in [5.74, 6) is 0.163. The normalized spacial score (nSPS) is 31.6. The van der Waals surface area contributed by atoms with E-state index in [0.29, 0.717) is 0 Å². The fourth-order valence-electron chi connectivity index (χ4n) is 1.79. The minimum Gasteiger partial charge on any atom is -0.303 e. The number of carbonyl (C=O) groups excluding carboxylic acids is 1. The third-order valence-corrected chi connectivity index (χ3v) is 4.76. The molecule has 1 rings (SSSR count). The summed E-state index contributed by atoms with van der Waals surface area (Å²) in [4.78, 5) is 10.5. The van der Waals surface area contributed by atoms with Crippen LogP contribution in [0.5, 0.6) is 0 Å². The maximum Gasteiger partial charge on any atom is 0.123 e. The summed E-state index contributed by atoms with van der Waals surface area (Å²) in [6.07, 6.45) is 3.72. The lowest BCUT2D eigenvalue weighted by Gasteiger charge is -2.22. The van der Waals surface area contributed by atoms with Crippen LogP contribution in [0.4, 0.5) is 0 Å². The van der Waals surface area contributed by atoms with E-state index in [0.717, 1.165) is 25.5 Å². The van der Waals surface area contributed by atoms with Gasteiger partial charge >= 0.3 is 0 Å². The van der Waals surface area contributed by atoms with E-state index in [9.17, 15) is 9.00 Å². The minimum atomic E-state index is -0.794.